The highest BCUT2D eigenvalue weighted by atomic mass is 16.5. The average Bonchev–Trinajstić information content (AvgIpc) is 2.87. The molecular weight excluding hydrogens is 430 g/mol. The van der Waals surface area contributed by atoms with Gasteiger partial charge in [-0.25, -0.2) is 0 Å². The van der Waals surface area contributed by atoms with Crippen molar-refractivity contribution in [1.29, 1.82) is 0 Å². The van der Waals surface area contributed by atoms with Crippen LogP contribution >= 0.6 is 0 Å². The maximum atomic E-state index is 13.3. The molecule has 2 aliphatic rings. The number of anilines is 1. The van der Waals surface area contributed by atoms with Gasteiger partial charge < -0.3 is 19.4 Å². The smallest absolute Gasteiger partial charge is 0.267 e. The molecule has 1 fully saturated rings. The van der Waals surface area contributed by atoms with Crippen LogP contribution in [-0.4, -0.2) is 65.8 Å². The third-order valence-electron chi connectivity index (χ3n) is 6.62. The van der Waals surface area contributed by atoms with E-state index in [1.165, 1.54) is 0 Å². The van der Waals surface area contributed by atoms with Crippen LogP contribution in [0.1, 0.15) is 49.9 Å². The maximum Gasteiger partial charge on any atom is 0.267 e. The van der Waals surface area contributed by atoms with Crippen LogP contribution in [-0.2, 0) is 9.59 Å². The van der Waals surface area contributed by atoms with Gasteiger partial charge in [0, 0.05) is 44.2 Å². The molecule has 34 heavy (non-hydrogen) atoms. The molecule has 3 amide bonds. The fraction of sp³-hybridized carbons (Fsp3) is 0.444. The van der Waals surface area contributed by atoms with E-state index in [0.29, 0.717) is 43.2 Å². The summed E-state index contributed by atoms with van der Waals surface area (Å²) >= 11 is 0. The minimum absolute atomic E-state index is 0.0473. The van der Waals surface area contributed by atoms with Crippen LogP contribution < -0.4 is 9.64 Å². The van der Waals surface area contributed by atoms with Gasteiger partial charge in [-0.1, -0.05) is 37.3 Å². The van der Waals surface area contributed by atoms with E-state index in [1.807, 2.05) is 64.4 Å². The molecule has 0 aliphatic carbocycles. The lowest BCUT2D eigenvalue weighted by Gasteiger charge is -2.39. The Kier molecular flexibility index (Phi) is 7.50. The molecule has 0 aromatic heterocycles. The molecule has 0 bridgehead atoms. The van der Waals surface area contributed by atoms with Crippen LogP contribution in [0.15, 0.2) is 54.6 Å². The van der Waals surface area contributed by atoms with Crippen molar-refractivity contribution >= 4 is 23.4 Å². The van der Waals surface area contributed by atoms with E-state index in [2.05, 4.69) is 6.92 Å². The summed E-state index contributed by atoms with van der Waals surface area (Å²) in [5, 5.41) is 0. The number of rotatable bonds is 7. The number of nitrogens with zero attached hydrogens (tertiary/aromatic N) is 3. The Morgan fingerprint density at radius 2 is 1.71 bits per heavy atom. The van der Waals surface area contributed by atoms with Gasteiger partial charge in [-0.3, -0.25) is 14.4 Å². The summed E-state index contributed by atoms with van der Waals surface area (Å²) in [6.45, 7) is 6.09. The summed E-state index contributed by atoms with van der Waals surface area (Å²) in [7, 11) is 0. The quantitative estimate of drug-likeness (QED) is 0.627. The Morgan fingerprint density at radius 3 is 2.41 bits per heavy atom. The number of hydrogen-bond donors (Lipinski definition) is 0. The van der Waals surface area contributed by atoms with Crippen molar-refractivity contribution in [3.05, 3.63) is 60.2 Å². The molecule has 2 aromatic carbocycles. The van der Waals surface area contributed by atoms with Gasteiger partial charge >= 0.3 is 0 Å². The summed E-state index contributed by atoms with van der Waals surface area (Å²) in [5.74, 6) is 0.648. The summed E-state index contributed by atoms with van der Waals surface area (Å²) < 4.78 is 5.70. The van der Waals surface area contributed by atoms with Crippen molar-refractivity contribution in [1.82, 2.24) is 9.80 Å². The second-order valence-electron chi connectivity index (χ2n) is 8.94. The SMILES string of the molecule is CCCN(C(=O)CCN1C(=O)C(C)Oc2ccccc21)C1CCN(C(=O)c2ccccc2)CC1. The Bertz CT molecular complexity index is 1020. The van der Waals surface area contributed by atoms with Crippen LogP contribution in [0.3, 0.4) is 0 Å². The first-order chi connectivity index (χ1) is 16.5. The van der Waals surface area contributed by atoms with Gasteiger partial charge in [-0.05, 0) is 50.5 Å². The molecule has 0 saturated carbocycles. The lowest BCUT2D eigenvalue weighted by atomic mass is 10.0. The Morgan fingerprint density at radius 1 is 1.03 bits per heavy atom. The first kappa shape index (κ1) is 23.8. The molecule has 2 heterocycles. The number of piperidine rings is 1. The Labute approximate surface area is 201 Å². The summed E-state index contributed by atoms with van der Waals surface area (Å²) in [6, 6.07) is 16.9. The molecule has 0 N–H and O–H groups in total. The summed E-state index contributed by atoms with van der Waals surface area (Å²) in [5.41, 5.74) is 1.42. The van der Waals surface area contributed by atoms with Crippen molar-refractivity contribution in [2.45, 2.75) is 51.7 Å². The Hall–Kier alpha value is -3.35. The maximum absolute atomic E-state index is 13.3. The van der Waals surface area contributed by atoms with Crippen LogP contribution in [0, 0.1) is 0 Å². The summed E-state index contributed by atoms with van der Waals surface area (Å²) in [6.07, 6.45) is 2.09. The van der Waals surface area contributed by atoms with Gasteiger partial charge in [0.2, 0.25) is 5.91 Å². The molecule has 4 rings (SSSR count). The molecule has 1 unspecified atom stereocenters. The number of carbonyl (C=O) groups is 3. The summed E-state index contributed by atoms with van der Waals surface area (Å²) in [4.78, 5) is 44.3. The molecule has 1 saturated heterocycles. The fourth-order valence-corrected chi connectivity index (χ4v) is 4.84. The molecule has 7 nitrogen and oxygen atoms in total. The number of fused-ring (bicyclic) bond motifs is 1. The van der Waals surface area contributed by atoms with E-state index in [0.717, 1.165) is 19.3 Å². The van der Waals surface area contributed by atoms with Crippen molar-refractivity contribution in [2.24, 2.45) is 0 Å². The van der Waals surface area contributed by atoms with E-state index in [9.17, 15) is 14.4 Å². The second-order valence-corrected chi connectivity index (χ2v) is 8.94. The third kappa shape index (κ3) is 5.08. The van der Waals surface area contributed by atoms with Crippen LogP contribution in [0.25, 0.3) is 0 Å². The molecular formula is C27H33N3O4. The molecule has 0 spiro atoms. The van der Waals surface area contributed by atoms with Gasteiger partial charge in [-0.2, -0.15) is 0 Å². The standard InChI is InChI=1S/C27H33N3O4/c1-3-16-29(22-13-17-28(18-14-22)27(33)21-9-5-4-6-10-21)25(31)15-19-30-23-11-7-8-12-24(23)34-20(2)26(30)32/h4-12,20,22H,3,13-19H2,1-2H3. The fourth-order valence-electron chi connectivity index (χ4n) is 4.84. The first-order valence-corrected chi connectivity index (χ1v) is 12.2. The van der Waals surface area contributed by atoms with Crippen LogP contribution in [0.5, 0.6) is 5.75 Å². The Balaban J connectivity index is 1.37. The predicted octanol–water partition coefficient (Wildman–Crippen LogP) is 3.73. The zero-order valence-electron chi connectivity index (χ0n) is 20.0. The number of hydrogen-bond acceptors (Lipinski definition) is 4. The number of likely N-dealkylation sites (tertiary alicyclic amines) is 1. The van der Waals surface area contributed by atoms with E-state index in [1.54, 1.807) is 11.8 Å². The highest BCUT2D eigenvalue weighted by molar-refractivity contribution is 6.00. The normalized spacial score (nSPS) is 18.3. The number of amides is 3. The minimum Gasteiger partial charge on any atom is -0.479 e. The predicted molar refractivity (Wildman–Crippen MR) is 131 cm³/mol. The number of benzene rings is 2. The van der Waals surface area contributed by atoms with Crippen molar-refractivity contribution < 1.29 is 19.1 Å². The highest BCUT2D eigenvalue weighted by Crippen LogP contribution is 2.33. The molecule has 7 heteroatoms. The van der Waals surface area contributed by atoms with E-state index in [-0.39, 0.29) is 30.2 Å². The number of ether oxygens (including phenoxy) is 1. The van der Waals surface area contributed by atoms with Crippen molar-refractivity contribution in [3.63, 3.8) is 0 Å². The van der Waals surface area contributed by atoms with Crippen LogP contribution in [0.2, 0.25) is 0 Å². The van der Waals surface area contributed by atoms with E-state index >= 15 is 0 Å². The van der Waals surface area contributed by atoms with Gasteiger partial charge in [0.25, 0.3) is 11.8 Å². The zero-order chi connectivity index (χ0) is 24.1. The topological polar surface area (TPSA) is 70.2 Å². The highest BCUT2D eigenvalue weighted by Gasteiger charge is 2.33. The molecule has 180 valence electrons. The largest absolute Gasteiger partial charge is 0.479 e. The van der Waals surface area contributed by atoms with Crippen LogP contribution in [0.4, 0.5) is 5.69 Å². The van der Waals surface area contributed by atoms with Gasteiger partial charge in [-0.15, -0.1) is 0 Å². The molecule has 1 atom stereocenters. The monoisotopic (exact) mass is 463 g/mol. The molecule has 0 radical (unpaired) electrons. The lowest BCUT2D eigenvalue weighted by molar-refractivity contribution is -0.134. The second kappa shape index (κ2) is 10.7. The molecule has 2 aromatic rings. The zero-order valence-corrected chi connectivity index (χ0v) is 20.0. The lowest BCUT2D eigenvalue weighted by Crippen LogP contribution is -2.50. The van der Waals surface area contributed by atoms with Crippen molar-refractivity contribution in [2.75, 3.05) is 31.1 Å². The third-order valence-corrected chi connectivity index (χ3v) is 6.62. The number of carbonyl (C=O) groups excluding carboxylic acids is 3. The first-order valence-electron chi connectivity index (χ1n) is 12.2. The van der Waals surface area contributed by atoms with Gasteiger partial charge in [0.1, 0.15) is 5.75 Å². The van der Waals surface area contributed by atoms with E-state index in [4.69, 9.17) is 4.74 Å². The minimum atomic E-state index is -0.566. The van der Waals surface area contributed by atoms with E-state index < -0.39 is 6.10 Å². The van der Waals surface area contributed by atoms with Gasteiger partial charge in [0.05, 0.1) is 5.69 Å². The van der Waals surface area contributed by atoms with Gasteiger partial charge in [0.15, 0.2) is 6.10 Å². The molecule has 2 aliphatic heterocycles. The average molecular weight is 464 g/mol. The van der Waals surface area contributed by atoms with Crippen molar-refractivity contribution in [3.8, 4) is 5.75 Å². The number of para-hydroxylation sites is 2.